The van der Waals surface area contributed by atoms with Crippen LogP contribution in [0.3, 0.4) is 0 Å². The molecule has 0 N–H and O–H groups in total. The molecule has 0 radical (unpaired) electrons. The van der Waals surface area contributed by atoms with E-state index in [1.165, 1.54) is 0 Å². The fourth-order valence-corrected chi connectivity index (χ4v) is 3.38. The standard InChI is InChI=1S/C18H24N2O2/c1-3-8-20-16-5-4-14(11-15(16)12-17(20)21)18(22)19-9-6-13(2)7-10-19/h4-5,11,13H,3,6-10,12H2,1-2H3. The molecule has 3 rings (SSSR count). The highest BCUT2D eigenvalue weighted by molar-refractivity contribution is 6.03. The van der Waals surface area contributed by atoms with Crippen LogP contribution in [0, 0.1) is 5.92 Å². The van der Waals surface area contributed by atoms with Gasteiger partial charge in [-0.3, -0.25) is 9.59 Å². The van der Waals surface area contributed by atoms with Gasteiger partial charge in [0, 0.05) is 30.9 Å². The van der Waals surface area contributed by atoms with E-state index in [2.05, 4.69) is 13.8 Å². The van der Waals surface area contributed by atoms with Gasteiger partial charge in [-0.05, 0) is 48.9 Å². The molecular formula is C18H24N2O2. The second-order valence-electron chi connectivity index (χ2n) is 6.54. The van der Waals surface area contributed by atoms with Crippen molar-refractivity contribution in [2.75, 3.05) is 24.5 Å². The maximum atomic E-state index is 12.6. The van der Waals surface area contributed by atoms with Crippen LogP contribution >= 0.6 is 0 Å². The first-order valence-electron chi connectivity index (χ1n) is 8.32. The van der Waals surface area contributed by atoms with Gasteiger partial charge >= 0.3 is 0 Å². The molecule has 0 saturated carbocycles. The van der Waals surface area contributed by atoms with Gasteiger partial charge < -0.3 is 9.80 Å². The summed E-state index contributed by atoms with van der Waals surface area (Å²) in [5, 5.41) is 0. The Kier molecular flexibility index (Phi) is 4.19. The Bertz CT molecular complexity index is 589. The van der Waals surface area contributed by atoms with Gasteiger partial charge in [0.05, 0.1) is 6.42 Å². The van der Waals surface area contributed by atoms with E-state index < -0.39 is 0 Å². The fourth-order valence-electron chi connectivity index (χ4n) is 3.38. The quantitative estimate of drug-likeness (QED) is 0.861. The minimum absolute atomic E-state index is 0.107. The Labute approximate surface area is 132 Å². The van der Waals surface area contributed by atoms with E-state index >= 15 is 0 Å². The molecule has 22 heavy (non-hydrogen) atoms. The van der Waals surface area contributed by atoms with Crippen LogP contribution in [0.5, 0.6) is 0 Å². The number of anilines is 1. The maximum Gasteiger partial charge on any atom is 0.253 e. The van der Waals surface area contributed by atoms with Gasteiger partial charge in [0.15, 0.2) is 0 Å². The lowest BCUT2D eigenvalue weighted by atomic mass is 9.98. The zero-order valence-electron chi connectivity index (χ0n) is 13.5. The third-order valence-electron chi connectivity index (χ3n) is 4.78. The average Bonchev–Trinajstić information content (AvgIpc) is 2.83. The number of carbonyl (C=O) groups excluding carboxylic acids is 2. The lowest BCUT2D eigenvalue weighted by Crippen LogP contribution is -2.37. The van der Waals surface area contributed by atoms with Crippen LogP contribution in [-0.4, -0.2) is 36.3 Å². The number of benzene rings is 1. The van der Waals surface area contributed by atoms with Gasteiger partial charge in [-0.25, -0.2) is 0 Å². The lowest BCUT2D eigenvalue weighted by Gasteiger charge is -2.30. The van der Waals surface area contributed by atoms with Crippen molar-refractivity contribution in [2.24, 2.45) is 5.92 Å². The summed E-state index contributed by atoms with van der Waals surface area (Å²) in [7, 11) is 0. The molecule has 0 spiro atoms. The van der Waals surface area contributed by atoms with Crippen molar-refractivity contribution in [1.29, 1.82) is 0 Å². The number of amides is 2. The molecule has 0 atom stereocenters. The van der Waals surface area contributed by atoms with Crippen molar-refractivity contribution in [3.8, 4) is 0 Å². The second-order valence-corrected chi connectivity index (χ2v) is 6.54. The van der Waals surface area contributed by atoms with Crippen molar-refractivity contribution in [3.63, 3.8) is 0 Å². The van der Waals surface area contributed by atoms with Crippen LogP contribution in [0.1, 0.15) is 49.0 Å². The highest BCUT2D eigenvalue weighted by Crippen LogP contribution is 2.30. The first-order chi connectivity index (χ1) is 10.6. The Morgan fingerprint density at radius 2 is 2.00 bits per heavy atom. The van der Waals surface area contributed by atoms with E-state index in [-0.39, 0.29) is 11.8 Å². The van der Waals surface area contributed by atoms with Crippen LogP contribution in [0.2, 0.25) is 0 Å². The van der Waals surface area contributed by atoms with E-state index in [0.717, 1.165) is 55.7 Å². The number of hydrogen-bond donors (Lipinski definition) is 0. The number of carbonyl (C=O) groups is 2. The fraction of sp³-hybridized carbons (Fsp3) is 0.556. The summed E-state index contributed by atoms with van der Waals surface area (Å²) in [4.78, 5) is 28.5. The molecule has 2 aliphatic rings. The molecule has 4 heteroatoms. The minimum Gasteiger partial charge on any atom is -0.339 e. The average molecular weight is 300 g/mol. The minimum atomic E-state index is 0.107. The summed E-state index contributed by atoms with van der Waals surface area (Å²) in [6, 6.07) is 5.74. The Morgan fingerprint density at radius 1 is 1.27 bits per heavy atom. The Hall–Kier alpha value is -1.84. The number of fused-ring (bicyclic) bond motifs is 1. The maximum absolute atomic E-state index is 12.6. The third kappa shape index (κ3) is 2.74. The van der Waals surface area contributed by atoms with Crippen LogP contribution < -0.4 is 4.90 Å². The molecular weight excluding hydrogens is 276 g/mol. The summed E-state index contributed by atoms with van der Waals surface area (Å²) in [5.41, 5.74) is 2.70. The van der Waals surface area contributed by atoms with E-state index in [1.54, 1.807) is 0 Å². The topological polar surface area (TPSA) is 40.6 Å². The normalized spacial score (nSPS) is 18.7. The summed E-state index contributed by atoms with van der Waals surface area (Å²) >= 11 is 0. The number of rotatable bonds is 3. The first kappa shape index (κ1) is 15.1. The summed E-state index contributed by atoms with van der Waals surface area (Å²) < 4.78 is 0. The largest absolute Gasteiger partial charge is 0.339 e. The Morgan fingerprint density at radius 3 is 2.68 bits per heavy atom. The predicted molar refractivity (Wildman–Crippen MR) is 87.1 cm³/mol. The first-order valence-corrected chi connectivity index (χ1v) is 8.32. The third-order valence-corrected chi connectivity index (χ3v) is 4.78. The molecule has 0 aromatic heterocycles. The molecule has 0 aliphatic carbocycles. The molecule has 2 heterocycles. The predicted octanol–water partition coefficient (Wildman–Crippen LogP) is 2.86. The van der Waals surface area contributed by atoms with Gasteiger partial charge in [-0.15, -0.1) is 0 Å². The van der Waals surface area contributed by atoms with Crippen LogP contribution in [-0.2, 0) is 11.2 Å². The van der Waals surface area contributed by atoms with E-state index in [1.807, 2.05) is 28.0 Å². The molecule has 1 saturated heterocycles. The van der Waals surface area contributed by atoms with Crippen molar-refractivity contribution in [3.05, 3.63) is 29.3 Å². The number of likely N-dealkylation sites (tertiary alicyclic amines) is 1. The van der Waals surface area contributed by atoms with Crippen molar-refractivity contribution in [1.82, 2.24) is 4.90 Å². The zero-order valence-corrected chi connectivity index (χ0v) is 13.5. The molecule has 2 amide bonds. The highest BCUT2D eigenvalue weighted by Gasteiger charge is 2.28. The lowest BCUT2D eigenvalue weighted by molar-refractivity contribution is -0.117. The molecule has 1 fully saturated rings. The number of hydrogen-bond acceptors (Lipinski definition) is 2. The van der Waals surface area contributed by atoms with Crippen molar-refractivity contribution in [2.45, 2.75) is 39.5 Å². The molecule has 0 unspecified atom stereocenters. The molecule has 118 valence electrons. The number of piperidine rings is 1. The van der Waals surface area contributed by atoms with Gasteiger partial charge in [0.2, 0.25) is 5.91 Å². The summed E-state index contributed by atoms with van der Waals surface area (Å²) in [5.74, 6) is 0.966. The van der Waals surface area contributed by atoms with Crippen molar-refractivity contribution >= 4 is 17.5 Å². The van der Waals surface area contributed by atoms with Gasteiger partial charge in [0.1, 0.15) is 0 Å². The molecule has 1 aromatic rings. The summed E-state index contributed by atoms with van der Waals surface area (Å²) in [6.45, 7) is 6.75. The number of nitrogens with zero attached hydrogens (tertiary/aromatic N) is 2. The molecule has 2 aliphatic heterocycles. The van der Waals surface area contributed by atoms with Crippen molar-refractivity contribution < 1.29 is 9.59 Å². The second kappa shape index (κ2) is 6.11. The molecule has 1 aromatic carbocycles. The van der Waals surface area contributed by atoms with E-state index in [9.17, 15) is 9.59 Å². The summed E-state index contributed by atoms with van der Waals surface area (Å²) in [6.07, 6.45) is 3.53. The van der Waals surface area contributed by atoms with Gasteiger partial charge in [0.25, 0.3) is 5.91 Å². The van der Waals surface area contributed by atoms with Gasteiger partial charge in [-0.1, -0.05) is 13.8 Å². The van der Waals surface area contributed by atoms with Crippen LogP contribution in [0.15, 0.2) is 18.2 Å². The Balaban J connectivity index is 1.78. The molecule has 0 bridgehead atoms. The SMILES string of the molecule is CCCN1C(=O)Cc2cc(C(=O)N3CCC(C)CC3)ccc21. The highest BCUT2D eigenvalue weighted by atomic mass is 16.2. The van der Waals surface area contributed by atoms with Crippen LogP contribution in [0.25, 0.3) is 0 Å². The zero-order chi connectivity index (χ0) is 15.7. The smallest absolute Gasteiger partial charge is 0.253 e. The van der Waals surface area contributed by atoms with Gasteiger partial charge in [-0.2, -0.15) is 0 Å². The van der Waals surface area contributed by atoms with E-state index in [4.69, 9.17) is 0 Å². The monoisotopic (exact) mass is 300 g/mol. The molecule has 4 nitrogen and oxygen atoms in total. The van der Waals surface area contributed by atoms with E-state index in [0.29, 0.717) is 12.3 Å². The van der Waals surface area contributed by atoms with Crippen LogP contribution in [0.4, 0.5) is 5.69 Å².